The number of β-lactam (4-membered cyclic amide) rings is 1. The lowest BCUT2D eigenvalue weighted by molar-refractivity contribution is -0.122. The molecule has 0 aliphatic carbocycles. The van der Waals surface area contributed by atoms with Crippen LogP contribution < -0.4 is 9.64 Å². The monoisotopic (exact) mass is 335 g/mol. The summed E-state index contributed by atoms with van der Waals surface area (Å²) in [6, 6.07) is 17.9. The molecule has 2 aliphatic rings. The highest BCUT2D eigenvalue weighted by molar-refractivity contribution is 8.10. The zero-order valence-corrected chi connectivity index (χ0v) is 14.1. The van der Waals surface area contributed by atoms with Crippen molar-refractivity contribution in [2.45, 2.75) is 11.3 Å². The van der Waals surface area contributed by atoms with Crippen molar-refractivity contribution in [3.8, 4) is 5.75 Å². The molecule has 1 fully saturated rings. The van der Waals surface area contributed by atoms with Crippen LogP contribution in [0.5, 0.6) is 5.75 Å². The zero-order chi connectivity index (χ0) is 16.7. The van der Waals surface area contributed by atoms with Gasteiger partial charge in [-0.05, 0) is 35.4 Å². The number of nitrogens with zero attached hydrogens (tertiary/aromatic N) is 1. The first-order valence-electron chi connectivity index (χ1n) is 7.80. The van der Waals surface area contributed by atoms with E-state index in [1.165, 1.54) is 0 Å². The number of anilines is 1. The number of fused-ring (bicyclic) bond motifs is 1. The summed E-state index contributed by atoms with van der Waals surface area (Å²) < 4.78 is 5.20. The third-order valence-corrected chi connectivity index (χ3v) is 5.90. The second-order valence-corrected chi connectivity index (χ2v) is 6.90. The van der Waals surface area contributed by atoms with Crippen LogP contribution in [0, 0.1) is 0 Å². The minimum atomic E-state index is -0.0460. The molecule has 0 saturated carbocycles. The number of rotatable bonds is 4. The Hall–Kier alpha value is -2.46. The Kier molecular flexibility index (Phi) is 3.69. The number of amides is 1. The first kappa shape index (κ1) is 15.1. The van der Waals surface area contributed by atoms with E-state index in [0.717, 1.165) is 27.5 Å². The van der Waals surface area contributed by atoms with Crippen molar-refractivity contribution in [2.24, 2.45) is 0 Å². The maximum Gasteiger partial charge on any atom is 0.243 e. The van der Waals surface area contributed by atoms with Gasteiger partial charge in [0.2, 0.25) is 5.91 Å². The number of hydrogen-bond donors (Lipinski definition) is 0. The first-order valence-corrected chi connectivity index (χ1v) is 8.68. The zero-order valence-electron chi connectivity index (χ0n) is 13.3. The second-order valence-electron chi connectivity index (χ2n) is 5.74. The van der Waals surface area contributed by atoms with E-state index in [2.05, 4.69) is 18.7 Å². The van der Waals surface area contributed by atoms with Crippen LogP contribution >= 0.6 is 11.8 Å². The van der Waals surface area contributed by atoms with E-state index in [4.69, 9.17) is 4.74 Å². The molecule has 2 aliphatic heterocycles. The van der Waals surface area contributed by atoms with Crippen LogP contribution in [0.1, 0.15) is 5.56 Å². The van der Waals surface area contributed by atoms with Crippen molar-refractivity contribution in [2.75, 3.05) is 12.0 Å². The quantitative estimate of drug-likeness (QED) is 0.787. The first-order chi connectivity index (χ1) is 11.7. The summed E-state index contributed by atoms with van der Waals surface area (Å²) in [7, 11) is 1.64. The third-order valence-electron chi connectivity index (χ3n) is 4.48. The lowest BCUT2D eigenvalue weighted by Gasteiger charge is -2.43. The van der Waals surface area contributed by atoms with Crippen molar-refractivity contribution >= 4 is 28.3 Å². The Labute approximate surface area is 145 Å². The van der Waals surface area contributed by atoms with E-state index in [0.29, 0.717) is 0 Å². The highest BCUT2D eigenvalue weighted by Gasteiger charge is 2.54. The molecule has 4 rings (SSSR count). The van der Waals surface area contributed by atoms with Gasteiger partial charge in [-0.1, -0.05) is 43.0 Å². The number of hydrogen-bond acceptors (Lipinski definition) is 3. The molecule has 1 amide bonds. The van der Waals surface area contributed by atoms with E-state index < -0.39 is 0 Å². The Morgan fingerprint density at radius 3 is 2.46 bits per heavy atom. The predicted octanol–water partition coefficient (Wildman–Crippen LogP) is 4.12. The molecule has 24 heavy (non-hydrogen) atoms. The molecule has 2 heterocycles. The molecule has 0 N–H and O–H groups in total. The number of benzene rings is 2. The number of methoxy groups -OCH3 is 1. The van der Waals surface area contributed by atoms with Gasteiger partial charge in [0, 0.05) is 10.6 Å². The van der Waals surface area contributed by atoms with Gasteiger partial charge in [0.25, 0.3) is 0 Å². The normalized spacial score (nSPS) is 22.2. The molecule has 4 heteroatoms. The predicted molar refractivity (Wildman–Crippen MR) is 99.2 cm³/mol. The highest BCUT2D eigenvalue weighted by atomic mass is 32.2. The maximum absolute atomic E-state index is 12.6. The van der Waals surface area contributed by atoms with Gasteiger partial charge in [-0.15, -0.1) is 11.8 Å². The van der Waals surface area contributed by atoms with Gasteiger partial charge in [-0.25, -0.2) is 0 Å². The topological polar surface area (TPSA) is 29.5 Å². The average Bonchev–Trinajstić information content (AvgIpc) is 2.98. The van der Waals surface area contributed by atoms with Crippen molar-refractivity contribution < 1.29 is 9.53 Å². The minimum Gasteiger partial charge on any atom is -0.497 e. The lowest BCUT2D eigenvalue weighted by Crippen LogP contribution is -2.62. The number of ether oxygens (including phenoxy) is 1. The van der Waals surface area contributed by atoms with Gasteiger partial charge >= 0.3 is 0 Å². The third kappa shape index (κ3) is 2.18. The van der Waals surface area contributed by atoms with E-state index in [-0.39, 0.29) is 17.2 Å². The molecular weight excluding hydrogens is 318 g/mol. The number of carbonyl (C=O) groups is 1. The van der Waals surface area contributed by atoms with Crippen LogP contribution in [-0.2, 0) is 4.79 Å². The smallest absolute Gasteiger partial charge is 0.243 e. The number of thioether (sulfide) groups is 1. The van der Waals surface area contributed by atoms with Gasteiger partial charge in [0.15, 0.2) is 0 Å². The van der Waals surface area contributed by atoms with Gasteiger partial charge in [0.1, 0.15) is 11.0 Å². The summed E-state index contributed by atoms with van der Waals surface area (Å²) in [4.78, 5) is 15.7. The van der Waals surface area contributed by atoms with Crippen LogP contribution in [0.2, 0.25) is 0 Å². The maximum atomic E-state index is 12.6. The lowest BCUT2D eigenvalue weighted by atomic mass is 9.91. The van der Waals surface area contributed by atoms with Crippen LogP contribution in [0.25, 0.3) is 4.91 Å². The molecule has 3 nitrogen and oxygen atoms in total. The molecular formula is C20H17NO2S. The summed E-state index contributed by atoms with van der Waals surface area (Å²) in [6.07, 6.45) is 1.89. The standard InChI is InChI=1S/C20H17NO2S/c1-3-16-17-19(24-18(16)13-7-5-4-6-8-13)20(22)21(17)14-9-11-15(23-2)12-10-14/h3-12,17,19H,1H2,2H3/t17-,19+/m1/s1. The van der Waals surface area contributed by atoms with Crippen molar-refractivity contribution in [1.82, 2.24) is 0 Å². The molecule has 0 radical (unpaired) electrons. The summed E-state index contributed by atoms with van der Waals surface area (Å²) in [5, 5.41) is -0.0460. The fourth-order valence-corrected chi connectivity index (χ4v) is 4.76. The van der Waals surface area contributed by atoms with Crippen LogP contribution in [0.3, 0.4) is 0 Å². The highest BCUT2D eigenvalue weighted by Crippen LogP contribution is 2.53. The fourth-order valence-electron chi connectivity index (χ4n) is 3.28. The SMILES string of the molecule is C=CC1=C(c2ccccc2)S[C@@H]2C(=O)N(c3ccc(OC)cc3)[C@H]12. The average molecular weight is 335 g/mol. The summed E-state index contributed by atoms with van der Waals surface area (Å²) in [6.45, 7) is 3.99. The van der Waals surface area contributed by atoms with Crippen LogP contribution in [-0.4, -0.2) is 24.3 Å². The largest absolute Gasteiger partial charge is 0.497 e. The Morgan fingerprint density at radius 1 is 1.12 bits per heavy atom. The molecule has 2 aromatic carbocycles. The van der Waals surface area contributed by atoms with E-state index in [1.54, 1.807) is 18.9 Å². The van der Waals surface area contributed by atoms with Gasteiger partial charge in [-0.3, -0.25) is 4.79 Å². The fraction of sp³-hybridized carbons (Fsp3) is 0.150. The van der Waals surface area contributed by atoms with Gasteiger partial charge in [0.05, 0.1) is 13.2 Å². The van der Waals surface area contributed by atoms with E-state index >= 15 is 0 Å². The minimum absolute atomic E-state index is 0.0460. The van der Waals surface area contributed by atoms with E-state index in [1.807, 2.05) is 53.4 Å². The second kappa shape index (κ2) is 5.87. The molecule has 0 unspecified atom stereocenters. The summed E-state index contributed by atoms with van der Waals surface area (Å²) >= 11 is 1.65. The molecule has 2 atom stereocenters. The van der Waals surface area contributed by atoms with Crippen molar-refractivity contribution in [1.29, 1.82) is 0 Å². The summed E-state index contributed by atoms with van der Waals surface area (Å²) in [5.41, 5.74) is 3.18. The molecule has 0 aromatic heterocycles. The Balaban J connectivity index is 1.71. The molecule has 120 valence electrons. The van der Waals surface area contributed by atoms with Crippen molar-refractivity contribution in [3.63, 3.8) is 0 Å². The summed E-state index contributed by atoms with van der Waals surface area (Å²) in [5.74, 6) is 0.939. The number of carbonyl (C=O) groups excluding carboxylic acids is 1. The van der Waals surface area contributed by atoms with Crippen molar-refractivity contribution in [3.05, 3.63) is 78.4 Å². The Morgan fingerprint density at radius 2 is 1.83 bits per heavy atom. The molecule has 1 saturated heterocycles. The Bertz CT molecular complexity index is 826. The van der Waals surface area contributed by atoms with E-state index in [9.17, 15) is 4.79 Å². The van der Waals surface area contributed by atoms with Crippen LogP contribution in [0.4, 0.5) is 5.69 Å². The molecule has 2 aromatic rings. The molecule has 0 bridgehead atoms. The molecule has 0 spiro atoms. The van der Waals surface area contributed by atoms with Gasteiger partial charge < -0.3 is 9.64 Å². The van der Waals surface area contributed by atoms with Gasteiger partial charge in [-0.2, -0.15) is 0 Å². The van der Waals surface area contributed by atoms with Crippen LogP contribution in [0.15, 0.2) is 72.8 Å².